The first-order valence-electron chi connectivity index (χ1n) is 9.91. The lowest BCUT2D eigenvalue weighted by Crippen LogP contribution is -2.50. The summed E-state index contributed by atoms with van der Waals surface area (Å²) in [4.78, 5) is 0. The van der Waals surface area contributed by atoms with Crippen molar-refractivity contribution in [3.8, 4) is 5.75 Å². The lowest BCUT2D eigenvalue weighted by Gasteiger charge is -2.53. The van der Waals surface area contributed by atoms with Crippen LogP contribution in [0.5, 0.6) is 5.75 Å². The number of ether oxygens (including phenoxy) is 1. The van der Waals surface area contributed by atoms with Crippen molar-refractivity contribution in [3.63, 3.8) is 0 Å². The molecule has 0 heterocycles. The number of aryl methyl sites for hydroxylation is 1. The van der Waals surface area contributed by atoms with Gasteiger partial charge in [-0.2, -0.15) is 0 Å². The minimum atomic E-state index is -0.419. The van der Waals surface area contributed by atoms with Crippen LogP contribution in [0.25, 0.3) is 0 Å². The lowest BCUT2D eigenvalue weighted by atomic mass is 9.53. The maximum absolute atomic E-state index is 11.4. The number of benzene rings is 1. The van der Waals surface area contributed by atoms with Crippen LogP contribution in [0.2, 0.25) is 0 Å². The van der Waals surface area contributed by atoms with Gasteiger partial charge in [-0.3, -0.25) is 0 Å². The Labute approximate surface area is 146 Å². The third-order valence-corrected chi connectivity index (χ3v) is 7.92. The molecule has 0 radical (unpaired) electrons. The van der Waals surface area contributed by atoms with Gasteiger partial charge >= 0.3 is 0 Å². The number of hydrogen-bond acceptors (Lipinski definition) is 2. The van der Waals surface area contributed by atoms with Gasteiger partial charge < -0.3 is 9.84 Å². The highest BCUT2D eigenvalue weighted by Crippen LogP contribution is 2.65. The summed E-state index contributed by atoms with van der Waals surface area (Å²) in [6.07, 6.45) is 9.19. The van der Waals surface area contributed by atoms with E-state index in [2.05, 4.69) is 32.0 Å². The molecular formula is C22H32O2. The van der Waals surface area contributed by atoms with E-state index in [1.807, 2.05) is 0 Å². The van der Waals surface area contributed by atoms with Gasteiger partial charge in [0.05, 0.1) is 12.7 Å². The molecule has 1 aromatic carbocycles. The molecule has 0 aromatic heterocycles. The largest absolute Gasteiger partial charge is 0.497 e. The molecule has 3 aliphatic rings. The summed E-state index contributed by atoms with van der Waals surface area (Å²) >= 11 is 0. The molecule has 1 aromatic rings. The van der Waals surface area contributed by atoms with Crippen LogP contribution >= 0.6 is 0 Å². The SMILES string of the molecule is CCC[C@]1(O)CCC2C3CCc4cc(OC)ccc4C3CCC21C. The zero-order valence-electron chi connectivity index (χ0n) is 15.5. The van der Waals surface area contributed by atoms with Crippen molar-refractivity contribution in [1.29, 1.82) is 0 Å². The molecule has 24 heavy (non-hydrogen) atoms. The third-order valence-electron chi connectivity index (χ3n) is 7.92. The van der Waals surface area contributed by atoms with E-state index >= 15 is 0 Å². The molecule has 2 nitrogen and oxygen atoms in total. The van der Waals surface area contributed by atoms with E-state index in [0.29, 0.717) is 11.8 Å². The molecule has 0 amide bonds. The summed E-state index contributed by atoms with van der Waals surface area (Å²) in [5.74, 6) is 3.14. The van der Waals surface area contributed by atoms with Crippen molar-refractivity contribution < 1.29 is 9.84 Å². The van der Waals surface area contributed by atoms with Crippen LogP contribution in [0.3, 0.4) is 0 Å². The number of rotatable bonds is 3. The Kier molecular flexibility index (Phi) is 3.95. The Morgan fingerprint density at radius 2 is 2.04 bits per heavy atom. The number of aliphatic hydroxyl groups is 1. The zero-order valence-corrected chi connectivity index (χ0v) is 15.5. The third kappa shape index (κ3) is 2.18. The van der Waals surface area contributed by atoms with E-state index in [1.54, 1.807) is 12.7 Å². The monoisotopic (exact) mass is 328 g/mol. The molecule has 132 valence electrons. The maximum atomic E-state index is 11.4. The van der Waals surface area contributed by atoms with Gasteiger partial charge in [0, 0.05) is 0 Å². The Hall–Kier alpha value is -1.02. The van der Waals surface area contributed by atoms with Gasteiger partial charge in [0.1, 0.15) is 5.75 Å². The lowest BCUT2D eigenvalue weighted by molar-refractivity contribution is -0.107. The highest BCUT2D eigenvalue weighted by Gasteiger charge is 2.60. The molecule has 2 heteroatoms. The predicted octanol–water partition coefficient (Wildman–Crippen LogP) is 5.08. The van der Waals surface area contributed by atoms with Gasteiger partial charge in [0.2, 0.25) is 0 Å². The molecule has 5 atom stereocenters. The van der Waals surface area contributed by atoms with Gasteiger partial charge in [-0.05, 0) is 91.4 Å². The van der Waals surface area contributed by atoms with E-state index in [-0.39, 0.29) is 5.41 Å². The number of methoxy groups -OCH3 is 1. The van der Waals surface area contributed by atoms with Crippen molar-refractivity contribution in [2.75, 3.05) is 7.11 Å². The fourth-order valence-corrected chi connectivity index (χ4v) is 6.62. The first kappa shape index (κ1) is 16.4. The Balaban J connectivity index is 1.65. The highest BCUT2D eigenvalue weighted by molar-refractivity contribution is 5.40. The molecule has 0 saturated heterocycles. The van der Waals surface area contributed by atoms with Crippen LogP contribution in [0.4, 0.5) is 0 Å². The second kappa shape index (κ2) is 5.76. The molecule has 0 spiro atoms. The molecule has 0 bridgehead atoms. The molecule has 2 fully saturated rings. The minimum absolute atomic E-state index is 0.133. The van der Waals surface area contributed by atoms with E-state index in [4.69, 9.17) is 4.74 Å². The van der Waals surface area contributed by atoms with Crippen molar-refractivity contribution in [2.45, 2.75) is 76.7 Å². The number of hydrogen-bond donors (Lipinski definition) is 1. The van der Waals surface area contributed by atoms with Gasteiger partial charge in [-0.25, -0.2) is 0 Å². The molecular weight excluding hydrogens is 296 g/mol. The summed E-state index contributed by atoms with van der Waals surface area (Å²) in [5, 5.41) is 11.4. The van der Waals surface area contributed by atoms with Crippen molar-refractivity contribution in [2.24, 2.45) is 17.3 Å². The highest BCUT2D eigenvalue weighted by atomic mass is 16.5. The van der Waals surface area contributed by atoms with Gasteiger partial charge in [0.25, 0.3) is 0 Å². The summed E-state index contributed by atoms with van der Waals surface area (Å²) in [6, 6.07) is 6.71. The van der Waals surface area contributed by atoms with Gasteiger partial charge in [-0.15, -0.1) is 0 Å². The molecule has 3 aliphatic carbocycles. The number of fused-ring (bicyclic) bond motifs is 5. The molecule has 4 rings (SSSR count). The quantitative estimate of drug-likeness (QED) is 0.838. The van der Waals surface area contributed by atoms with Crippen LogP contribution in [0.15, 0.2) is 18.2 Å². The van der Waals surface area contributed by atoms with Gasteiger partial charge in [0.15, 0.2) is 0 Å². The van der Waals surface area contributed by atoms with Crippen LogP contribution in [0, 0.1) is 17.3 Å². The Bertz CT molecular complexity index is 624. The van der Waals surface area contributed by atoms with Gasteiger partial charge in [-0.1, -0.05) is 26.3 Å². The summed E-state index contributed by atoms with van der Waals surface area (Å²) in [5.41, 5.74) is 2.78. The zero-order chi connectivity index (χ0) is 16.9. The Morgan fingerprint density at radius 3 is 2.79 bits per heavy atom. The standard InChI is InChI=1S/C22H32O2/c1-4-11-22(23)13-10-20-19-7-5-15-14-16(24-3)6-8-17(15)18(19)9-12-21(20,22)2/h6,8,14,18-20,23H,4-5,7,9-13H2,1-3H3/t18?,19?,20?,21?,22-/m0/s1. The first-order chi connectivity index (χ1) is 11.5. The second-order valence-corrected chi connectivity index (χ2v) is 8.76. The smallest absolute Gasteiger partial charge is 0.119 e. The van der Waals surface area contributed by atoms with E-state index in [9.17, 15) is 5.11 Å². The van der Waals surface area contributed by atoms with E-state index < -0.39 is 5.60 Å². The van der Waals surface area contributed by atoms with Crippen molar-refractivity contribution in [1.82, 2.24) is 0 Å². The molecule has 0 aliphatic heterocycles. The summed E-state index contributed by atoms with van der Waals surface area (Å²) in [7, 11) is 1.76. The summed E-state index contributed by atoms with van der Waals surface area (Å²) in [6.45, 7) is 4.62. The maximum Gasteiger partial charge on any atom is 0.119 e. The molecule has 1 N–H and O–H groups in total. The molecule has 4 unspecified atom stereocenters. The van der Waals surface area contributed by atoms with E-state index in [0.717, 1.165) is 30.9 Å². The summed E-state index contributed by atoms with van der Waals surface area (Å²) < 4.78 is 5.42. The topological polar surface area (TPSA) is 29.5 Å². The van der Waals surface area contributed by atoms with Crippen LogP contribution in [0.1, 0.15) is 75.8 Å². The average Bonchev–Trinajstić information content (AvgIpc) is 2.86. The average molecular weight is 328 g/mol. The Morgan fingerprint density at radius 1 is 1.21 bits per heavy atom. The first-order valence-corrected chi connectivity index (χ1v) is 9.91. The van der Waals surface area contributed by atoms with Crippen LogP contribution < -0.4 is 4.74 Å². The van der Waals surface area contributed by atoms with Crippen molar-refractivity contribution in [3.05, 3.63) is 29.3 Å². The fourth-order valence-electron chi connectivity index (χ4n) is 6.62. The van der Waals surface area contributed by atoms with Crippen molar-refractivity contribution >= 4 is 0 Å². The second-order valence-electron chi connectivity index (χ2n) is 8.76. The molecule has 2 saturated carbocycles. The van der Waals surface area contributed by atoms with E-state index in [1.165, 1.54) is 37.7 Å². The van der Waals surface area contributed by atoms with Crippen LogP contribution in [-0.4, -0.2) is 17.8 Å². The normalized spacial score (nSPS) is 40.6. The predicted molar refractivity (Wildman–Crippen MR) is 97.5 cm³/mol. The fraction of sp³-hybridized carbons (Fsp3) is 0.727. The van der Waals surface area contributed by atoms with Crippen LogP contribution in [-0.2, 0) is 6.42 Å². The minimum Gasteiger partial charge on any atom is -0.497 e.